The number of aromatic nitrogens is 3. The lowest BCUT2D eigenvalue weighted by Crippen LogP contribution is -2.14. The maximum atomic E-state index is 13.0. The molecule has 2 heterocycles. The Morgan fingerprint density at radius 2 is 1.88 bits per heavy atom. The van der Waals surface area contributed by atoms with Gasteiger partial charge in [-0.3, -0.25) is 4.79 Å². The van der Waals surface area contributed by atoms with E-state index < -0.39 is 0 Å². The van der Waals surface area contributed by atoms with Gasteiger partial charge in [-0.25, -0.2) is 4.98 Å². The van der Waals surface area contributed by atoms with Crippen LogP contribution in [0.5, 0.6) is 0 Å². The molecule has 0 aliphatic heterocycles. The zero-order valence-corrected chi connectivity index (χ0v) is 18.6. The minimum Gasteiger partial charge on any atom is -0.334 e. The first-order valence-electron chi connectivity index (χ1n) is 10.6. The second kappa shape index (κ2) is 8.89. The molecule has 0 bridgehead atoms. The topological polar surface area (TPSA) is 80.9 Å². The van der Waals surface area contributed by atoms with Gasteiger partial charge in [0.05, 0.1) is 10.6 Å². The van der Waals surface area contributed by atoms with Gasteiger partial charge in [0, 0.05) is 28.8 Å². The molecule has 0 saturated heterocycles. The molecule has 1 aliphatic carbocycles. The lowest BCUT2D eigenvalue weighted by Gasteiger charge is -2.09. The lowest BCUT2D eigenvalue weighted by atomic mass is 10.1. The first-order valence-corrected chi connectivity index (χ1v) is 10.9. The second-order valence-corrected chi connectivity index (χ2v) is 8.29. The molecule has 33 heavy (non-hydrogen) atoms. The highest BCUT2D eigenvalue weighted by Crippen LogP contribution is 2.39. The zero-order valence-electron chi connectivity index (χ0n) is 17.8. The van der Waals surface area contributed by atoms with Crippen molar-refractivity contribution in [3.63, 3.8) is 0 Å². The monoisotopic (exact) mass is 454 g/mol. The summed E-state index contributed by atoms with van der Waals surface area (Å²) >= 11 is 6.31. The van der Waals surface area contributed by atoms with Crippen LogP contribution >= 0.6 is 11.6 Å². The fraction of sp³-hybridized carbons (Fsp3) is 0.154. The average Bonchev–Trinajstić information content (AvgIpc) is 3.57. The summed E-state index contributed by atoms with van der Waals surface area (Å²) in [5.41, 5.74) is 3.42. The number of hydrogen-bond donors (Lipinski definition) is 1. The van der Waals surface area contributed by atoms with Gasteiger partial charge in [0.25, 0.3) is 11.8 Å². The van der Waals surface area contributed by atoms with Crippen molar-refractivity contribution in [2.75, 3.05) is 5.32 Å². The van der Waals surface area contributed by atoms with Crippen molar-refractivity contribution in [2.45, 2.75) is 25.7 Å². The van der Waals surface area contributed by atoms with Gasteiger partial charge in [-0.1, -0.05) is 46.8 Å². The molecule has 1 amide bonds. The molecule has 1 fully saturated rings. The summed E-state index contributed by atoms with van der Waals surface area (Å²) in [4.78, 5) is 21.8. The Balaban J connectivity index is 1.34. The number of nitrogens with one attached hydrogen (secondary N) is 1. The second-order valence-electron chi connectivity index (χ2n) is 7.89. The molecule has 2 aromatic heterocycles. The minimum atomic E-state index is -0.373. The van der Waals surface area contributed by atoms with Crippen LogP contribution in [0.2, 0.25) is 5.02 Å². The molecule has 0 radical (unpaired) electrons. The summed E-state index contributed by atoms with van der Waals surface area (Å²) in [7, 11) is 0. The first kappa shape index (κ1) is 20.9. The smallest absolute Gasteiger partial charge is 0.258 e. The van der Waals surface area contributed by atoms with Crippen molar-refractivity contribution in [3.8, 4) is 23.3 Å². The highest BCUT2D eigenvalue weighted by atomic mass is 35.5. The fourth-order valence-electron chi connectivity index (χ4n) is 3.31. The number of hydrogen-bond acceptors (Lipinski definition) is 5. The molecule has 1 N–H and O–H groups in total. The Morgan fingerprint density at radius 1 is 1.09 bits per heavy atom. The van der Waals surface area contributed by atoms with Crippen LogP contribution in [0.1, 0.15) is 51.6 Å². The number of carbonyl (C=O) groups excluding carboxylic acids is 1. The van der Waals surface area contributed by atoms with Gasteiger partial charge >= 0.3 is 0 Å². The van der Waals surface area contributed by atoms with Crippen LogP contribution in [0.25, 0.3) is 11.5 Å². The van der Waals surface area contributed by atoms with Gasteiger partial charge in [0.1, 0.15) is 5.82 Å². The molecule has 1 aliphatic rings. The number of anilines is 1. The molecule has 4 aromatic rings. The van der Waals surface area contributed by atoms with E-state index in [1.807, 2.05) is 43.3 Å². The van der Waals surface area contributed by atoms with E-state index in [1.165, 1.54) is 0 Å². The molecule has 0 atom stereocenters. The summed E-state index contributed by atoms with van der Waals surface area (Å²) in [5, 5.41) is 7.18. The third-order valence-electron chi connectivity index (χ3n) is 5.28. The number of rotatable bonds is 4. The van der Waals surface area contributed by atoms with E-state index >= 15 is 0 Å². The quantitative estimate of drug-likeness (QED) is 0.404. The fourth-order valence-corrected chi connectivity index (χ4v) is 3.51. The predicted octanol–water partition coefficient (Wildman–Crippen LogP) is 5.62. The van der Waals surface area contributed by atoms with Crippen LogP contribution in [0.4, 0.5) is 5.82 Å². The van der Waals surface area contributed by atoms with Crippen molar-refractivity contribution in [3.05, 3.63) is 93.9 Å². The maximum Gasteiger partial charge on any atom is 0.258 e. The zero-order chi connectivity index (χ0) is 22.8. The highest BCUT2D eigenvalue weighted by molar-refractivity contribution is 6.34. The molecule has 0 spiro atoms. The van der Waals surface area contributed by atoms with Crippen LogP contribution in [0.3, 0.4) is 0 Å². The lowest BCUT2D eigenvalue weighted by molar-refractivity contribution is 0.102. The van der Waals surface area contributed by atoms with Crippen LogP contribution in [0.15, 0.2) is 65.3 Å². The van der Waals surface area contributed by atoms with Crippen molar-refractivity contribution in [2.24, 2.45) is 0 Å². The SMILES string of the molecule is Cc1cc(C#Cc2ccccc2)cnc1NC(=O)c1cc(-c2nc(C3CC3)no2)ccc1Cl. The van der Waals surface area contributed by atoms with Gasteiger partial charge in [0.15, 0.2) is 5.82 Å². The number of carbonyl (C=O) groups is 1. The van der Waals surface area contributed by atoms with E-state index in [0.29, 0.717) is 39.6 Å². The van der Waals surface area contributed by atoms with Crippen LogP contribution in [-0.4, -0.2) is 21.0 Å². The molecule has 0 unspecified atom stereocenters. The first-order chi connectivity index (χ1) is 16.1. The summed E-state index contributed by atoms with van der Waals surface area (Å²) in [5.74, 6) is 7.73. The normalized spacial score (nSPS) is 12.7. The van der Waals surface area contributed by atoms with Gasteiger partial charge in [-0.2, -0.15) is 4.98 Å². The number of halogens is 1. The molecule has 7 heteroatoms. The number of pyridine rings is 1. The molecule has 5 rings (SSSR count). The molecular formula is C26H19ClN4O2. The summed E-state index contributed by atoms with van der Waals surface area (Å²) in [6, 6.07) is 16.7. The predicted molar refractivity (Wildman–Crippen MR) is 126 cm³/mol. The van der Waals surface area contributed by atoms with E-state index in [4.69, 9.17) is 16.1 Å². The standard InChI is InChI=1S/C26H19ClN4O2/c1-16-13-18(8-7-17-5-3-2-4-6-17)15-28-23(16)29-25(32)21-14-20(11-12-22(21)27)26-30-24(31-33-26)19-9-10-19/h2-6,11-15,19H,9-10H2,1H3,(H,28,29,32). The van der Waals surface area contributed by atoms with Crippen molar-refractivity contribution in [1.82, 2.24) is 15.1 Å². The summed E-state index contributed by atoms with van der Waals surface area (Å²) in [6.07, 6.45) is 3.79. The molecule has 162 valence electrons. The number of benzene rings is 2. The van der Waals surface area contributed by atoms with Gasteiger partial charge < -0.3 is 9.84 Å². The third-order valence-corrected chi connectivity index (χ3v) is 5.61. The van der Waals surface area contributed by atoms with E-state index in [-0.39, 0.29) is 5.91 Å². The van der Waals surface area contributed by atoms with Gasteiger partial charge in [0.2, 0.25) is 0 Å². The van der Waals surface area contributed by atoms with Crippen LogP contribution in [0, 0.1) is 18.8 Å². The molecule has 2 aromatic carbocycles. The summed E-state index contributed by atoms with van der Waals surface area (Å²) < 4.78 is 5.37. The Labute approximate surface area is 196 Å². The van der Waals surface area contributed by atoms with E-state index in [0.717, 1.165) is 29.5 Å². The van der Waals surface area contributed by atoms with Crippen LogP contribution < -0.4 is 5.32 Å². The van der Waals surface area contributed by atoms with Gasteiger partial charge in [-0.05, 0) is 61.7 Å². The van der Waals surface area contributed by atoms with E-state index in [1.54, 1.807) is 24.4 Å². The Kier molecular flexibility index (Phi) is 5.64. The molecular weight excluding hydrogens is 436 g/mol. The number of nitrogens with zero attached hydrogens (tertiary/aromatic N) is 3. The summed E-state index contributed by atoms with van der Waals surface area (Å²) in [6.45, 7) is 1.87. The largest absolute Gasteiger partial charge is 0.334 e. The Morgan fingerprint density at radius 3 is 2.64 bits per heavy atom. The van der Waals surface area contributed by atoms with E-state index in [9.17, 15) is 4.79 Å². The van der Waals surface area contributed by atoms with Crippen molar-refractivity contribution >= 4 is 23.3 Å². The molecule has 6 nitrogen and oxygen atoms in total. The van der Waals surface area contributed by atoms with Crippen molar-refractivity contribution < 1.29 is 9.32 Å². The Bertz CT molecular complexity index is 1400. The third kappa shape index (κ3) is 4.79. The highest BCUT2D eigenvalue weighted by Gasteiger charge is 2.29. The Hall–Kier alpha value is -3.95. The number of aryl methyl sites for hydroxylation is 1. The van der Waals surface area contributed by atoms with Crippen LogP contribution in [-0.2, 0) is 0 Å². The number of amides is 1. The minimum absolute atomic E-state index is 0.300. The maximum absolute atomic E-state index is 13.0. The van der Waals surface area contributed by atoms with Gasteiger partial charge in [-0.15, -0.1) is 0 Å². The van der Waals surface area contributed by atoms with Crippen molar-refractivity contribution in [1.29, 1.82) is 0 Å². The molecule has 1 saturated carbocycles. The average molecular weight is 455 g/mol. The van der Waals surface area contributed by atoms with E-state index in [2.05, 4.69) is 32.3 Å².